The average Bonchev–Trinajstić information content (AvgIpc) is 2.71. The van der Waals surface area contributed by atoms with E-state index >= 15 is 0 Å². The molecule has 1 amide bonds. The van der Waals surface area contributed by atoms with E-state index in [1.807, 2.05) is 43.3 Å². The molecule has 0 saturated heterocycles. The van der Waals surface area contributed by atoms with E-state index in [2.05, 4.69) is 42.5 Å². The van der Waals surface area contributed by atoms with Gasteiger partial charge in [-0.3, -0.25) is 4.79 Å². The first-order valence-electron chi connectivity index (χ1n) is 9.36. The summed E-state index contributed by atoms with van der Waals surface area (Å²) >= 11 is 6.95. The van der Waals surface area contributed by atoms with Crippen molar-refractivity contribution in [2.75, 3.05) is 17.2 Å². The second-order valence-corrected chi connectivity index (χ2v) is 8.59. The summed E-state index contributed by atoms with van der Waals surface area (Å²) in [5.74, 6) is -0.726. The molecule has 31 heavy (non-hydrogen) atoms. The third-order valence-electron chi connectivity index (χ3n) is 4.33. The van der Waals surface area contributed by atoms with Gasteiger partial charge < -0.3 is 20.5 Å². The predicted octanol–water partition coefficient (Wildman–Crippen LogP) is 5.85. The largest absolute Gasteiger partial charge is 0.482 e. The van der Waals surface area contributed by atoms with Crippen LogP contribution in [0.1, 0.15) is 21.5 Å². The van der Waals surface area contributed by atoms with Crippen molar-refractivity contribution in [2.24, 2.45) is 0 Å². The lowest BCUT2D eigenvalue weighted by atomic mass is 10.1. The summed E-state index contributed by atoms with van der Waals surface area (Å²) in [6, 6.07) is 17.8. The average molecular weight is 548 g/mol. The van der Waals surface area contributed by atoms with E-state index in [1.165, 1.54) is 6.07 Å². The van der Waals surface area contributed by atoms with Crippen LogP contribution in [0.3, 0.4) is 0 Å². The molecular weight excluding hydrogens is 528 g/mol. The first-order valence-corrected chi connectivity index (χ1v) is 10.9. The zero-order valence-electron chi connectivity index (χ0n) is 16.6. The number of carbonyl (C=O) groups excluding carboxylic acids is 1. The van der Waals surface area contributed by atoms with Gasteiger partial charge in [0.05, 0.1) is 10.0 Å². The van der Waals surface area contributed by atoms with E-state index in [9.17, 15) is 9.59 Å². The monoisotopic (exact) mass is 546 g/mol. The van der Waals surface area contributed by atoms with E-state index in [0.29, 0.717) is 28.1 Å². The van der Waals surface area contributed by atoms with Gasteiger partial charge in [-0.15, -0.1) is 0 Å². The maximum atomic E-state index is 12.3. The minimum absolute atomic E-state index is 0.157. The minimum atomic E-state index is -0.988. The molecule has 0 unspecified atom stereocenters. The van der Waals surface area contributed by atoms with Gasteiger partial charge in [-0.2, -0.15) is 0 Å². The zero-order chi connectivity index (χ0) is 22.4. The van der Waals surface area contributed by atoms with Crippen LogP contribution >= 0.6 is 31.9 Å². The molecule has 8 heteroatoms. The molecule has 0 aliphatic heterocycles. The SMILES string of the molecule is Cc1cccc(NC(=O)COc2c(Br)cc(Br)cc2CNc2cccc(C(=O)O)c2)c1. The number of ether oxygens (including phenoxy) is 1. The number of carbonyl (C=O) groups is 2. The molecule has 0 fully saturated rings. The molecule has 0 heterocycles. The number of amides is 1. The highest BCUT2D eigenvalue weighted by atomic mass is 79.9. The molecule has 3 aromatic rings. The Kier molecular flexibility index (Phi) is 7.70. The van der Waals surface area contributed by atoms with Crippen molar-refractivity contribution in [1.82, 2.24) is 0 Å². The van der Waals surface area contributed by atoms with Crippen molar-refractivity contribution in [2.45, 2.75) is 13.5 Å². The molecule has 0 aliphatic rings. The van der Waals surface area contributed by atoms with E-state index in [0.717, 1.165) is 15.6 Å². The summed E-state index contributed by atoms with van der Waals surface area (Å²) < 4.78 is 7.36. The summed E-state index contributed by atoms with van der Waals surface area (Å²) in [5, 5.41) is 15.2. The highest BCUT2D eigenvalue weighted by molar-refractivity contribution is 9.11. The molecule has 0 spiro atoms. The number of aryl methyl sites for hydroxylation is 1. The zero-order valence-corrected chi connectivity index (χ0v) is 19.8. The molecule has 0 aromatic heterocycles. The second-order valence-electron chi connectivity index (χ2n) is 6.82. The number of carboxylic acid groups (broad SMARTS) is 1. The lowest BCUT2D eigenvalue weighted by molar-refractivity contribution is -0.118. The van der Waals surface area contributed by atoms with Crippen LogP contribution in [0.25, 0.3) is 0 Å². The molecular formula is C23H20Br2N2O4. The van der Waals surface area contributed by atoms with Crippen LogP contribution in [0, 0.1) is 6.92 Å². The summed E-state index contributed by atoms with van der Waals surface area (Å²) in [5.41, 5.74) is 3.42. The lowest BCUT2D eigenvalue weighted by Gasteiger charge is -2.15. The third-order valence-corrected chi connectivity index (χ3v) is 5.37. The predicted molar refractivity (Wildman–Crippen MR) is 128 cm³/mol. The Labute approximate surface area is 196 Å². The molecule has 3 aromatic carbocycles. The second kappa shape index (κ2) is 10.5. The fourth-order valence-corrected chi connectivity index (χ4v) is 4.35. The van der Waals surface area contributed by atoms with Gasteiger partial charge in [0.15, 0.2) is 6.61 Å². The Bertz CT molecular complexity index is 1120. The van der Waals surface area contributed by atoms with Crippen molar-refractivity contribution in [3.8, 4) is 5.75 Å². The van der Waals surface area contributed by atoms with Gasteiger partial charge in [0, 0.05) is 28.0 Å². The molecule has 3 rings (SSSR count). The van der Waals surface area contributed by atoms with E-state index in [4.69, 9.17) is 9.84 Å². The molecule has 6 nitrogen and oxygen atoms in total. The van der Waals surface area contributed by atoms with Crippen LogP contribution in [0.2, 0.25) is 0 Å². The maximum Gasteiger partial charge on any atom is 0.335 e. The minimum Gasteiger partial charge on any atom is -0.482 e. The van der Waals surface area contributed by atoms with Gasteiger partial charge in [0.25, 0.3) is 5.91 Å². The fourth-order valence-electron chi connectivity index (χ4n) is 2.92. The van der Waals surface area contributed by atoms with Crippen LogP contribution in [-0.4, -0.2) is 23.6 Å². The molecule has 160 valence electrons. The van der Waals surface area contributed by atoms with Gasteiger partial charge in [-0.1, -0.05) is 34.1 Å². The molecule has 3 N–H and O–H groups in total. The highest BCUT2D eigenvalue weighted by Gasteiger charge is 2.13. The van der Waals surface area contributed by atoms with E-state index in [-0.39, 0.29) is 18.1 Å². The number of anilines is 2. The topological polar surface area (TPSA) is 87.7 Å². The number of carboxylic acids is 1. The number of hydrogen-bond acceptors (Lipinski definition) is 4. The highest BCUT2D eigenvalue weighted by Crippen LogP contribution is 2.33. The van der Waals surface area contributed by atoms with Crippen LogP contribution in [0.4, 0.5) is 11.4 Å². The van der Waals surface area contributed by atoms with Crippen molar-refractivity contribution < 1.29 is 19.4 Å². The maximum absolute atomic E-state index is 12.3. The molecule has 0 radical (unpaired) electrons. The number of halogens is 2. The van der Waals surface area contributed by atoms with Crippen molar-refractivity contribution in [3.05, 3.63) is 86.3 Å². The normalized spacial score (nSPS) is 10.4. The van der Waals surface area contributed by atoms with Crippen LogP contribution < -0.4 is 15.4 Å². The van der Waals surface area contributed by atoms with Gasteiger partial charge in [0.2, 0.25) is 0 Å². The number of aromatic carboxylic acids is 1. The Morgan fingerprint density at radius 3 is 2.48 bits per heavy atom. The number of benzene rings is 3. The molecule has 0 atom stereocenters. The van der Waals surface area contributed by atoms with Gasteiger partial charge >= 0.3 is 5.97 Å². The first kappa shape index (κ1) is 22.8. The Morgan fingerprint density at radius 1 is 1.00 bits per heavy atom. The van der Waals surface area contributed by atoms with Gasteiger partial charge in [-0.05, 0) is 70.9 Å². The summed E-state index contributed by atoms with van der Waals surface area (Å²) in [7, 11) is 0. The van der Waals surface area contributed by atoms with E-state index < -0.39 is 5.97 Å². The molecule has 0 aliphatic carbocycles. The van der Waals surface area contributed by atoms with Gasteiger partial charge in [0.1, 0.15) is 5.75 Å². The lowest BCUT2D eigenvalue weighted by Crippen LogP contribution is -2.21. The van der Waals surface area contributed by atoms with E-state index in [1.54, 1.807) is 18.2 Å². The fraction of sp³-hybridized carbons (Fsp3) is 0.130. The van der Waals surface area contributed by atoms with Gasteiger partial charge in [-0.25, -0.2) is 4.79 Å². The van der Waals surface area contributed by atoms with Crippen LogP contribution in [-0.2, 0) is 11.3 Å². The smallest absolute Gasteiger partial charge is 0.335 e. The number of hydrogen-bond donors (Lipinski definition) is 3. The summed E-state index contributed by atoms with van der Waals surface area (Å²) in [4.78, 5) is 23.5. The number of nitrogens with one attached hydrogen (secondary N) is 2. The standard InChI is InChI=1S/C23H20Br2N2O4/c1-14-4-2-7-19(8-14)27-21(28)13-31-22-16(9-17(24)11-20(22)25)12-26-18-6-3-5-15(10-18)23(29)30/h2-11,26H,12-13H2,1H3,(H,27,28)(H,29,30). The molecule has 0 saturated carbocycles. The molecule has 0 bridgehead atoms. The van der Waals surface area contributed by atoms with Crippen LogP contribution in [0.15, 0.2) is 69.6 Å². The van der Waals surface area contributed by atoms with Crippen molar-refractivity contribution in [3.63, 3.8) is 0 Å². The first-order chi connectivity index (χ1) is 14.8. The Hall–Kier alpha value is -2.84. The number of rotatable bonds is 8. The quantitative estimate of drug-likeness (QED) is 0.329. The van der Waals surface area contributed by atoms with Crippen molar-refractivity contribution in [1.29, 1.82) is 0 Å². The Balaban J connectivity index is 1.70. The third kappa shape index (κ3) is 6.57. The van der Waals surface area contributed by atoms with Crippen molar-refractivity contribution >= 4 is 55.1 Å². The Morgan fingerprint density at radius 2 is 1.74 bits per heavy atom. The summed E-state index contributed by atoms with van der Waals surface area (Å²) in [6.45, 7) is 2.17. The summed E-state index contributed by atoms with van der Waals surface area (Å²) in [6.07, 6.45) is 0. The van der Waals surface area contributed by atoms with Crippen LogP contribution in [0.5, 0.6) is 5.75 Å².